The van der Waals surface area contributed by atoms with Crippen LogP contribution in [0.3, 0.4) is 0 Å². The van der Waals surface area contributed by atoms with Crippen LogP contribution in [0.2, 0.25) is 0 Å². The second-order valence-electron chi connectivity index (χ2n) is 4.59. The Labute approximate surface area is 125 Å². The van der Waals surface area contributed by atoms with Crippen LogP contribution in [0.5, 0.6) is 0 Å². The lowest BCUT2D eigenvalue weighted by molar-refractivity contribution is -0.385. The van der Waals surface area contributed by atoms with Crippen molar-refractivity contribution in [3.05, 3.63) is 63.2 Å². The first-order valence-electron chi connectivity index (χ1n) is 6.15. The summed E-state index contributed by atoms with van der Waals surface area (Å²) in [5.74, 6) is -1.10. The summed E-state index contributed by atoms with van der Waals surface area (Å²) in [4.78, 5) is 22.7. The first-order chi connectivity index (χ1) is 9.88. The third-order valence-corrected chi connectivity index (χ3v) is 4.16. The number of benzene rings is 2. The number of carboxylic acids is 1. The summed E-state index contributed by atoms with van der Waals surface area (Å²) < 4.78 is 0. The lowest BCUT2D eigenvalue weighted by Crippen LogP contribution is -2.00. The van der Waals surface area contributed by atoms with Crippen LogP contribution in [0.1, 0.15) is 21.5 Å². The SMILES string of the molecule is Cc1ccc(Sc2cc([N+](=O)[O-])ccc2C(=O)O)cc1C. The topological polar surface area (TPSA) is 80.4 Å². The maximum atomic E-state index is 11.2. The Morgan fingerprint density at radius 1 is 1.14 bits per heavy atom. The van der Waals surface area contributed by atoms with Crippen LogP contribution < -0.4 is 0 Å². The summed E-state index contributed by atoms with van der Waals surface area (Å²) in [7, 11) is 0. The average Bonchev–Trinajstić information content (AvgIpc) is 2.42. The van der Waals surface area contributed by atoms with Crippen molar-refractivity contribution in [2.24, 2.45) is 0 Å². The van der Waals surface area contributed by atoms with E-state index in [-0.39, 0.29) is 11.3 Å². The zero-order valence-electron chi connectivity index (χ0n) is 11.5. The maximum Gasteiger partial charge on any atom is 0.336 e. The van der Waals surface area contributed by atoms with Crippen LogP contribution in [-0.4, -0.2) is 16.0 Å². The van der Waals surface area contributed by atoms with Gasteiger partial charge in [0, 0.05) is 21.9 Å². The lowest BCUT2D eigenvalue weighted by atomic mass is 10.1. The standard InChI is InChI=1S/C15H13NO4S/c1-9-3-5-12(7-10(9)2)21-14-8-11(16(19)20)4-6-13(14)15(17)18/h3-8H,1-2H3,(H,17,18). The van der Waals surface area contributed by atoms with Gasteiger partial charge in [0.2, 0.25) is 0 Å². The zero-order chi connectivity index (χ0) is 15.6. The second-order valence-corrected chi connectivity index (χ2v) is 5.71. The van der Waals surface area contributed by atoms with E-state index in [0.717, 1.165) is 16.0 Å². The molecule has 1 N–H and O–H groups in total. The van der Waals surface area contributed by atoms with Crippen molar-refractivity contribution in [2.45, 2.75) is 23.6 Å². The van der Waals surface area contributed by atoms with Gasteiger partial charge < -0.3 is 5.11 Å². The normalized spacial score (nSPS) is 10.4. The van der Waals surface area contributed by atoms with Gasteiger partial charge in [-0.2, -0.15) is 0 Å². The van der Waals surface area contributed by atoms with E-state index in [4.69, 9.17) is 0 Å². The van der Waals surface area contributed by atoms with E-state index >= 15 is 0 Å². The van der Waals surface area contributed by atoms with E-state index in [1.54, 1.807) is 0 Å². The van der Waals surface area contributed by atoms with Gasteiger partial charge in [-0.25, -0.2) is 4.79 Å². The molecule has 5 nitrogen and oxygen atoms in total. The quantitative estimate of drug-likeness (QED) is 0.680. The van der Waals surface area contributed by atoms with Crippen molar-refractivity contribution < 1.29 is 14.8 Å². The van der Waals surface area contributed by atoms with E-state index in [0.29, 0.717) is 4.90 Å². The molecule has 6 heteroatoms. The number of hydrogen-bond acceptors (Lipinski definition) is 4. The van der Waals surface area contributed by atoms with Crippen LogP contribution >= 0.6 is 11.8 Å². The molecular formula is C15H13NO4S. The molecule has 0 atom stereocenters. The Balaban J connectivity index is 2.45. The lowest BCUT2D eigenvalue weighted by Gasteiger charge is -2.08. The molecule has 0 saturated heterocycles. The van der Waals surface area contributed by atoms with Gasteiger partial charge in [-0.1, -0.05) is 17.8 Å². The molecule has 21 heavy (non-hydrogen) atoms. The molecule has 2 aromatic carbocycles. The van der Waals surface area contributed by atoms with Gasteiger partial charge >= 0.3 is 5.97 Å². The first kappa shape index (κ1) is 15.1. The van der Waals surface area contributed by atoms with Gasteiger partial charge in [0.15, 0.2) is 0 Å². The van der Waals surface area contributed by atoms with Crippen molar-refractivity contribution in [1.82, 2.24) is 0 Å². The van der Waals surface area contributed by atoms with Crippen molar-refractivity contribution in [1.29, 1.82) is 0 Å². The number of nitrogens with zero attached hydrogens (tertiary/aromatic N) is 1. The van der Waals surface area contributed by atoms with E-state index in [2.05, 4.69) is 0 Å². The fourth-order valence-corrected chi connectivity index (χ4v) is 2.86. The molecule has 0 fully saturated rings. The minimum atomic E-state index is -1.10. The van der Waals surface area contributed by atoms with Crippen LogP contribution in [0.4, 0.5) is 5.69 Å². The molecule has 0 bridgehead atoms. The van der Waals surface area contributed by atoms with E-state index in [9.17, 15) is 20.0 Å². The summed E-state index contributed by atoms with van der Waals surface area (Å²) in [5, 5.41) is 20.0. The Morgan fingerprint density at radius 3 is 2.43 bits per heavy atom. The van der Waals surface area contributed by atoms with Crippen LogP contribution in [0, 0.1) is 24.0 Å². The number of non-ortho nitro benzene ring substituents is 1. The van der Waals surface area contributed by atoms with Crippen LogP contribution in [0.25, 0.3) is 0 Å². The minimum absolute atomic E-state index is 0.0591. The number of carbonyl (C=O) groups is 1. The molecule has 108 valence electrons. The fourth-order valence-electron chi connectivity index (χ4n) is 1.79. The third kappa shape index (κ3) is 3.41. The Kier molecular flexibility index (Phi) is 4.28. The molecule has 2 aromatic rings. The number of rotatable bonds is 4. The highest BCUT2D eigenvalue weighted by molar-refractivity contribution is 7.99. The number of carboxylic acid groups (broad SMARTS) is 1. The maximum absolute atomic E-state index is 11.2. The first-order valence-corrected chi connectivity index (χ1v) is 6.97. The summed E-state index contributed by atoms with van der Waals surface area (Å²) in [6, 6.07) is 9.51. The van der Waals surface area contributed by atoms with E-state index in [1.807, 2.05) is 32.0 Å². The molecule has 0 radical (unpaired) electrons. The number of aromatic carboxylic acids is 1. The molecule has 0 aliphatic heterocycles. The molecule has 0 aromatic heterocycles. The molecule has 2 rings (SSSR count). The van der Waals surface area contributed by atoms with E-state index in [1.165, 1.54) is 30.0 Å². The number of hydrogen-bond donors (Lipinski definition) is 1. The summed E-state index contributed by atoms with van der Waals surface area (Å²) >= 11 is 1.21. The molecule has 0 aliphatic carbocycles. The van der Waals surface area contributed by atoms with Crippen molar-refractivity contribution in [3.63, 3.8) is 0 Å². The molecule has 0 saturated carbocycles. The van der Waals surface area contributed by atoms with Crippen LogP contribution in [-0.2, 0) is 0 Å². The largest absolute Gasteiger partial charge is 0.478 e. The monoisotopic (exact) mass is 303 g/mol. The highest BCUT2D eigenvalue weighted by Crippen LogP contribution is 2.34. The summed E-state index contributed by atoms with van der Waals surface area (Å²) in [6.45, 7) is 3.95. The molecule has 0 aliphatic rings. The average molecular weight is 303 g/mol. The second kappa shape index (κ2) is 5.97. The van der Waals surface area contributed by atoms with Crippen molar-refractivity contribution in [2.75, 3.05) is 0 Å². The Hall–Kier alpha value is -2.34. The molecule has 0 unspecified atom stereocenters. The predicted octanol–water partition coefficient (Wildman–Crippen LogP) is 4.06. The molecular weight excluding hydrogens is 290 g/mol. The van der Waals surface area contributed by atoms with Gasteiger partial charge in [0.05, 0.1) is 10.5 Å². The molecule has 0 amide bonds. The fraction of sp³-hybridized carbons (Fsp3) is 0.133. The Morgan fingerprint density at radius 2 is 1.86 bits per heavy atom. The smallest absolute Gasteiger partial charge is 0.336 e. The third-order valence-electron chi connectivity index (χ3n) is 3.11. The van der Waals surface area contributed by atoms with Gasteiger partial charge in [0.1, 0.15) is 0 Å². The minimum Gasteiger partial charge on any atom is -0.478 e. The number of aryl methyl sites for hydroxylation is 2. The highest BCUT2D eigenvalue weighted by atomic mass is 32.2. The van der Waals surface area contributed by atoms with Gasteiger partial charge in [0.25, 0.3) is 5.69 Å². The van der Waals surface area contributed by atoms with Gasteiger partial charge in [-0.15, -0.1) is 0 Å². The van der Waals surface area contributed by atoms with Crippen LogP contribution in [0.15, 0.2) is 46.2 Å². The summed E-state index contributed by atoms with van der Waals surface area (Å²) in [5.41, 5.74) is 2.16. The highest BCUT2D eigenvalue weighted by Gasteiger charge is 2.16. The van der Waals surface area contributed by atoms with E-state index < -0.39 is 10.9 Å². The number of nitro groups is 1. The predicted molar refractivity (Wildman–Crippen MR) is 80.1 cm³/mol. The zero-order valence-corrected chi connectivity index (χ0v) is 12.3. The van der Waals surface area contributed by atoms with Gasteiger partial charge in [-0.05, 0) is 43.2 Å². The summed E-state index contributed by atoms with van der Waals surface area (Å²) in [6.07, 6.45) is 0. The van der Waals surface area contributed by atoms with Crippen molar-refractivity contribution in [3.8, 4) is 0 Å². The molecule has 0 spiro atoms. The Bertz CT molecular complexity index is 728. The van der Waals surface area contributed by atoms with Crippen molar-refractivity contribution >= 4 is 23.4 Å². The van der Waals surface area contributed by atoms with Gasteiger partial charge in [-0.3, -0.25) is 10.1 Å². The molecule has 0 heterocycles. The number of nitro benzene ring substituents is 1.